The third-order valence-electron chi connectivity index (χ3n) is 2.83. The SMILES string of the molecule is CC(NC(=O)Cn1cc(N)ccc1=O)c1ccccn1. The minimum atomic E-state index is -0.268. The van der Waals surface area contributed by atoms with Crippen molar-refractivity contribution in [2.24, 2.45) is 0 Å². The molecular weight excluding hydrogens is 256 g/mol. The van der Waals surface area contributed by atoms with Crippen molar-refractivity contribution in [2.75, 3.05) is 5.73 Å². The van der Waals surface area contributed by atoms with Crippen LogP contribution in [0, 0.1) is 0 Å². The Morgan fingerprint density at radius 2 is 2.20 bits per heavy atom. The van der Waals surface area contributed by atoms with E-state index >= 15 is 0 Å². The maximum absolute atomic E-state index is 11.9. The van der Waals surface area contributed by atoms with E-state index in [9.17, 15) is 9.59 Å². The van der Waals surface area contributed by atoms with Crippen molar-refractivity contribution in [3.8, 4) is 0 Å². The van der Waals surface area contributed by atoms with Crippen LogP contribution in [0.3, 0.4) is 0 Å². The lowest BCUT2D eigenvalue weighted by atomic mass is 10.2. The number of nitrogens with zero attached hydrogens (tertiary/aromatic N) is 2. The Labute approximate surface area is 116 Å². The zero-order valence-corrected chi connectivity index (χ0v) is 11.1. The van der Waals surface area contributed by atoms with Crippen LogP contribution in [0.25, 0.3) is 0 Å². The van der Waals surface area contributed by atoms with Crippen molar-refractivity contribution in [3.63, 3.8) is 0 Å². The van der Waals surface area contributed by atoms with E-state index in [2.05, 4.69) is 10.3 Å². The van der Waals surface area contributed by atoms with Crippen molar-refractivity contribution in [1.29, 1.82) is 0 Å². The summed E-state index contributed by atoms with van der Waals surface area (Å²) >= 11 is 0. The van der Waals surface area contributed by atoms with Gasteiger partial charge < -0.3 is 15.6 Å². The third-order valence-corrected chi connectivity index (χ3v) is 2.83. The van der Waals surface area contributed by atoms with Gasteiger partial charge in [0.15, 0.2) is 0 Å². The Balaban J connectivity index is 2.02. The monoisotopic (exact) mass is 272 g/mol. The molecule has 0 aliphatic carbocycles. The van der Waals surface area contributed by atoms with E-state index in [4.69, 9.17) is 5.73 Å². The molecule has 0 bridgehead atoms. The van der Waals surface area contributed by atoms with Crippen LogP contribution in [0.5, 0.6) is 0 Å². The van der Waals surface area contributed by atoms with Crippen LogP contribution < -0.4 is 16.6 Å². The number of carbonyl (C=O) groups excluding carboxylic acids is 1. The molecule has 1 atom stereocenters. The number of anilines is 1. The number of nitrogens with two attached hydrogens (primary N) is 1. The Morgan fingerprint density at radius 3 is 2.90 bits per heavy atom. The molecule has 0 saturated carbocycles. The standard InChI is InChI=1S/C14H16N4O2/c1-10(12-4-2-3-7-16-12)17-13(19)9-18-8-11(15)5-6-14(18)20/h2-8,10H,9,15H2,1H3,(H,17,19). The van der Waals surface area contributed by atoms with E-state index < -0.39 is 0 Å². The van der Waals surface area contributed by atoms with Crippen LogP contribution in [0.4, 0.5) is 5.69 Å². The molecule has 3 N–H and O–H groups in total. The van der Waals surface area contributed by atoms with Crippen LogP contribution in [-0.2, 0) is 11.3 Å². The van der Waals surface area contributed by atoms with Gasteiger partial charge in [-0.3, -0.25) is 14.6 Å². The van der Waals surface area contributed by atoms with Gasteiger partial charge in [-0.25, -0.2) is 0 Å². The summed E-state index contributed by atoms with van der Waals surface area (Å²) in [5, 5.41) is 2.79. The van der Waals surface area contributed by atoms with Gasteiger partial charge in [-0.05, 0) is 25.1 Å². The number of amides is 1. The second-order valence-corrected chi connectivity index (χ2v) is 4.47. The lowest BCUT2D eigenvalue weighted by Gasteiger charge is -2.14. The highest BCUT2D eigenvalue weighted by atomic mass is 16.2. The first kappa shape index (κ1) is 13.8. The molecule has 0 spiro atoms. The summed E-state index contributed by atoms with van der Waals surface area (Å²) in [5.74, 6) is -0.268. The minimum absolute atomic E-state index is 0.0684. The predicted octanol–water partition coefficient (Wildman–Crippen LogP) is 0.703. The maximum Gasteiger partial charge on any atom is 0.251 e. The zero-order valence-electron chi connectivity index (χ0n) is 11.1. The van der Waals surface area contributed by atoms with E-state index in [1.54, 1.807) is 6.20 Å². The molecule has 2 aromatic rings. The highest BCUT2D eigenvalue weighted by Crippen LogP contribution is 2.07. The fourth-order valence-electron chi connectivity index (χ4n) is 1.82. The number of aromatic nitrogens is 2. The van der Waals surface area contributed by atoms with Crippen LogP contribution in [0.2, 0.25) is 0 Å². The van der Waals surface area contributed by atoms with Crippen LogP contribution in [-0.4, -0.2) is 15.5 Å². The molecule has 2 rings (SSSR count). The summed E-state index contributed by atoms with van der Waals surface area (Å²) in [6.45, 7) is 1.77. The average molecular weight is 272 g/mol. The zero-order chi connectivity index (χ0) is 14.5. The smallest absolute Gasteiger partial charge is 0.251 e. The summed E-state index contributed by atoms with van der Waals surface area (Å²) in [4.78, 5) is 27.7. The molecule has 20 heavy (non-hydrogen) atoms. The second kappa shape index (κ2) is 6.01. The number of hydrogen-bond donors (Lipinski definition) is 2. The molecule has 0 aliphatic heterocycles. The quantitative estimate of drug-likeness (QED) is 0.857. The topological polar surface area (TPSA) is 90.0 Å². The van der Waals surface area contributed by atoms with Crippen molar-refractivity contribution < 1.29 is 4.79 Å². The van der Waals surface area contributed by atoms with Crippen molar-refractivity contribution in [1.82, 2.24) is 14.9 Å². The Hall–Kier alpha value is -2.63. The van der Waals surface area contributed by atoms with Gasteiger partial charge in [0.2, 0.25) is 5.91 Å². The number of pyridine rings is 2. The molecule has 0 radical (unpaired) electrons. The number of nitrogen functional groups attached to an aromatic ring is 1. The number of hydrogen-bond acceptors (Lipinski definition) is 4. The van der Waals surface area contributed by atoms with Gasteiger partial charge in [-0.2, -0.15) is 0 Å². The van der Waals surface area contributed by atoms with Gasteiger partial charge in [0.1, 0.15) is 6.54 Å². The van der Waals surface area contributed by atoms with Gasteiger partial charge in [0, 0.05) is 24.1 Å². The highest BCUT2D eigenvalue weighted by Gasteiger charge is 2.11. The first-order valence-corrected chi connectivity index (χ1v) is 6.22. The van der Waals surface area contributed by atoms with Gasteiger partial charge in [0.25, 0.3) is 5.56 Å². The lowest BCUT2D eigenvalue weighted by molar-refractivity contribution is -0.122. The largest absolute Gasteiger partial charge is 0.398 e. The third kappa shape index (κ3) is 3.44. The molecule has 0 saturated heterocycles. The maximum atomic E-state index is 11.9. The molecule has 6 nitrogen and oxygen atoms in total. The minimum Gasteiger partial charge on any atom is -0.398 e. The summed E-state index contributed by atoms with van der Waals surface area (Å²) in [7, 11) is 0. The molecule has 0 fully saturated rings. The van der Waals surface area contributed by atoms with E-state index in [0.29, 0.717) is 5.69 Å². The summed E-state index contributed by atoms with van der Waals surface area (Å²) < 4.78 is 1.27. The summed E-state index contributed by atoms with van der Waals surface area (Å²) in [6, 6.07) is 8.12. The van der Waals surface area contributed by atoms with Gasteiger partial charge in [-0.15, -0.1) is 0 Å². The normalized spacial score (nSPS) is 11.8. The molecule has 104 valence electrons. The molecular formula is C14H16N4O2. The first-order valence-electron chi connectivity index (χ1n) is 6.22. The van der Waals surface area contributed by atoms with Crippen LogP contribution in [0.1, 0.15) is 18.7 Å². The lowest BCUT2D eigenvalue weighted by Crippen LogP contribution is -2.33. The molecule has 0 aliphatic rings. The molecule has 2 aromatic heterocycles. The number of nitrogens with one attached hydrogen (secondary N) is 1. The van der Waals surface area contributed by atoms with E-state index in [-0.39, 0.29) is 24.1 Å². The summed E-state index contributed by atoms with van der Waals surface area (Å²) in [5.41, 5.74) is 6.53. The molecule has 2 heterocycles. The first-order chi connectivity index (χ1) is 9.56. The fourth-order valence-corrected chi connectivity index (χ4v) is 1.82. The Morgan fingerprint density at radius 1 is 1.40 bits per heavy atom. The molecule has 1 amide bonds. The highest BCUT2D eigenvalue weighted by molar-refractivity contribution is 5.76. The average Bonchev–Trinajstić information content (AvgIpc) is 2.43. The fraction of sp³-hybridized carbons (Fsp3) is 0.214. The van der Waals surface area contributed by atoms with Crippen molar-refractivity contribution >= 4 is 11.6 Å². The van der Waals surface area contributed by atoms with Crippen molar-refractivity contribution in [2.45, 2.75) is 19.5 Å². The number of rotatable bonds is 4. The van der Waals surface area contributed by atoms with Gasteiger partial charge in [-0.1, -0.05) is 6.07 Å². The van der Waals surface area contributed by atoms with Gasteiger partial charge in [0.05, 0.1) is 11.7 Å². The Kier molecular flexibility index (Phi) is 4.14. The molecule has 0 aromatic carbocycles. The van der Waals surface area contributed by atoms with E-state index in [0.717, 1.165) is 5.69 Å². The van der Waals surface area contributed by atoms with Gasteiger partial charge >= 0.3 is 0 Å². The summed E-state index contributed by atoms with van der Waals surface area (Å²) in [6.07, 6.45) is 3.12. The predicted molar refractivity (Wildman–Crippen MR) is 75.9 cm³/mol. The Bertz CT molecular complexity index is 652. The molecule has 6 heteroatoms. The van der Waals surface area contributed by atoms with E-state index in [1.807, 2.05) is 25.1 Å². The van der Waals surface area contributed by atoms with Crippen LogP contribution >= 0.6 is 0 Å². The van der Waals surface area contributed by atoms with Crippen molar-refractivity contribution in [3.05, 3.63) is 58.8 Å². The molecule has 1 unspecified atom stereocenters. The van der Waals surface area contributed by atoms with Crippen LogP contribution in [0.15, 0.2) is 47.5 Å². The van der Waals surface area contributed by atoms with E-state index in [1.165, 1.54) is 22.9 Å². The second-order valence-electron chi connectivity index (χ2n) is 4.47. The number of carbonyl (C=O) groups is 1.